The van der Waals surface area contributed by atoms with E-state index in [4.69, 9.17) is 5.73 Å². The van der Waals surface area contributed by atoms with Crippen LogP contribution in [0.15, 0.2) is 48.5 Å². The number of anilines is 1. The molecule has 0 heterocycles. The molecule has 0 aliphatic heterocycles. The van der Waals surface area contributed by atoms with Gasteiger partial charge in [0.15, 0.2) is 0 Å². The van der Waals surface area contributed by atoms with Crippen molar-refractivity contribution < 1.29 is 18.8 Å². The number of likely N-dealkylation sites (N-methyl/N-ethyl adjacent to an activating group) is 1. The van der Waals surface area contributed by atoms with Gasteiger partial charge >= 0.3 is 0 Å². The van der Waals surface area contributed by atoms with Crippen molar-refractivity contribution >= 4 is 23.4 Å². The Morgan fingerprint density at radius 1 is 1.11 bits per heavy atom. The van der Waals surface area contributed by atoms with Gasteiger partial charge in [-0.2, -0.15) is 0 Å². The summed E-state index contributed by atoms with van der Waals surface area (Å²) in [6.45, 7) is 2.54. The maximum Gasteiger partial charge on any atom is 0.248 e. The van der Waals surface area contributed by atoms with Crippen LogP contribution >= 0.6 is 0 Å². The van der Waals surface area contributed by atoms with Gasteiger partial charge in [0.2, 0.25) is 17.7 Å². The largest absolute Gasteiger partial charge is 0.366 e. The predicted octanol–water partition coefficient (Wildman–Crippen LogP) is 2.34. The van der Waals surface area contributed by atoms with Gasteiger partial charge in [-0.1, -0.05) is 12.1 Å². The Kier molecular flexibility index (Phi) is 7.05. The molecule has 0 aliphatic rings. The molecule has 0 bridgehead atoms. The van der Waals surface area contributed by atoms with Gasteiger partial charge in [0.1, 0.15) is 5.82 Å². The van der Waals surface area contributed by atoms with Gasteiger partial charge in [0.25, 0.3) is 0 Å². The second kappa shape index (κ2) is 9.47. The average molecular weight is 371 g/mol. The number of carbonyl (C=O) groups is 3. The molecular weight excluding hydrogens is 349 g/mol. The number of hydrogen-bond acceptors (Lipinski definition) is 3. The highest BCUT2D eigenvalue weighted by molar-refractivity contribution is 5.95. The highest BCUT2D eigenvalue weighted by atomic mass is 19.1. The number of primary amides is 1. The smallest absolute Gasteiger partial charge is 0.248 e. The van der Waals surface area contributed by atoms with Crippen LogP contribution < -0.4 is 11.1 Å². The van der Waals surface area contributed by atoms with E-state index in [0.717, 1.165) is 0 Å². The summed E-state index contributed by atoms with van der Waals surface area (Å²) in [5, 5.41) is 2.71. The van der Waals surface area contributed by atoms with E-state index < -0.39 is 5.91 Å². The maximum absolute atomic E-state index is 13.2. The van der Waals surface area contributed by atoms with Crippen LogP contribution in [0.25, 0.3) is 0 Å². The second-order valence-corrected chi connectivity index (χ2v) is 6.02. The molecule has 3 amide bonds. The molecular formula is C20H22FN3O3. The third-order valence-corrected chi connectivity index (χ3v) is 4.04. The highest BCUT2D eigenvalue weighted by Crippen LogP contribution is 2.10. The Hall–Kier alpha value is -3.22. The quantitative estimate of drug-likeness (QED) is 0.746. The topological polar surface area (TPSA) is 92.5 Å². The van der Waals surface area contributed by atoms with Gasteiger partial charge in [-0.25, -0.2) is 4.39 Å². The molecule has 142 valence electrons. The molecule has 3 N–H and O–H groups in total. The fraction of sp³-hybridized carbons (Fsp3) is 0.250. The van der Waals surface area contributed by atoms with Crippen molar-refractivity contribution in [3.8, 4) is 0 Å². The number of carbonyl (C=O) groups excluding carboxylic acids is 3. The van der Waals surface area contributed by atoms with E-state index >= 15 is 0 Å². The van der Waals surface area contributed by atoms with E-state index in [2.05, 4.69) is 5.32 Å². The number of nitrogens with one attached hydrogen (secondary N) is 1. The van der Waals surface area contributed by atoms with Crippen molar-refractivity contribution in [3.05, 3.63) is 65.5 Å². The van der Waals surface area contributed by atoms with Crippen LogP contribution in [0.4, 0.5) is 10.1 Å². The van der Waals surface area contributed by atoms with Crippen LogP contribution in [0.3, 0.4) is 0 Å². The van der Waals surface area contributed by atoms with Crippen LogP contribution in [-0.4, -0.2) is 35.7 Å². The fourth-order valence-corrected chi connectivity index (χ4v) is 2.57. The van der Waals surface area contributed by atoms with Crippen LogP contribution in [-0.2, 0) is 16.0 Å². The third-order valence-electron chi connectivity index (χ3n) is 4.04. The van der Waals surface area contributed by atoms with Crippen LogP contribution in [0.1, 0.15) is 29.3 Å². The van der Waals surface area contributed by atoms with Gasteiger partial charge in [-0.05, 0) is 48.9 Å². The molecule has 6 nitrogen and oxygen atoms in total. The van der Waals surface area contributed by atoms with Gasteiger partial charge in [0.05, 0.1) is 6.42 Å². The maximum atomic E-state index is 13.2. The summed E-state index contributed by atoms with van der Waals surface area (Å²) in [4.78, 5) is 37.0. The van der Waals surface area contributed by atoms with E-state index in [1.165, 1.54) is 24.3 Å². The zero-order valence-corrected chi connectivity index (χ0v) is 15.1. The standard InChI is InChI=1S/C20H22FN3O3/c1-2-24(19(26)13-14-4-3-5-16(21)12-14)11-10-18(25)23-17-8-6-15(7-9-17)20(22)27/h3-9,12H,2,10-11,13H2,1H3,(H2,22,27)(H,23,25). The molecule has 7 heteroatoms. The first-order valence-electron chi connectivity index (χ1n) is 8.61. The number of rotatable bonds is 8. The Labute approximate surface area is 157 Å². The van der Waals surface area contributed by atoms with E-state index in [1.807, 2.05) is 6.92 Å². The van der Waals surface area contributed by atoms with Crippen LogP contribution in [0.2, 0.25) is 0 Å². The number of nitrogens with zero attached hydrogens (tertiary/aromatic N) is 1. The summed E-state index contributed by atoms with van der Waals surface area (Å²) in [5.41, 5.74) is 6.66. The molecule has 0 saturated carbocycles. The fourth-order valence-electron chi connectivity index (χ4n) is 2.57. The van der Waals surface area contributed by atoms with E-state index in [-0.39, 0.29) is 37.0 Å². The first-order valence-corrected chi connectivity index (χ1v) is 8.61. The molecule has 0 fully saturated rings. The minimum atomic E-state index is -0.539. The Bertz CT molecular complexity index is 821. The summed E-state index contributed by atoms with van der Waals surface area (Å²) in [6.07, 6.45) is 0.210. The summed E-state index contributed by atoms with van der Waals surface area (Å²) in [6, 6.07) is 12.1. The summed E-state index contributed by atoms with van der Waals surface area (Å²) < 4.78 is 13.2. The molecule has 0 unspecified atom stereocenters. The minimum Gasteiger partial charge on any atom is -0.366 e. The van der Waals surface area contributed by atoms with Crippen LogP contribution in [0, 0.1) is 5.82 Å². The monoisotopic (exact) mass is 371 g/mol. The zero-order valence-electron chi connectivity index (χ0n) is 15.1. The number of amides is 3. The Morgan fingerprint density at radius 2 is 1.81 bits per heavy atom. The summed E-state index contributed by atoms with van der Waals surface area (Å²) >= 11 is 0. The SMILES string of the molecule is CCN(CCC(=O)Nc1ccc(C(N)=O)cc1)C(=O)Cc1cccc(F)c1. The molecule has 2 rings (SSSR count). The van der Waals surface area contributed by atoms with Crippen molar-refractivity contribution in [3.63, 3.8) is 0 Å². The highest BCUT2D eigenvalue weighted by Gasteiger charge is 2.14. The zero-order chi connectivity index (χ0) is 19.8. The van der Waals surface area contributed by atoms with Crippen molar-refractivity contribution in [2.45, 2.75) is 19.8 Å². The Balaban J connectivity index is 1.85. The van der Waals surface area contributed by atoms with Gasteiger partial charge in [-0.3, -0.25) is 14.4 Å². The number of halogens is 1. The molecule has 27 heavy (non-hydrogen) atoms. The molecule has 0 aliphatic carbocycles. The first kappa shape index (κ1) is 20.1. The first-order chi connectivity index (χ1) is 12.9. The molecule has 0 spiro atoms. The lowest BCUT2D eigenvalue weighted by atomic mass is 10.1. The minimum absolute atomic E-state index is 0.0851. The lowest BCUT2D eigenvalue weighted by Crippen LogP contribution is -2.34. The molecule has 2 aromatic rings. The van der Waals surface area contributed by atoms with Gasteiger partial charge in [-0.15, -0.1) is 0 Å². The molecule has 0 saturated heterocycles. The molecule has 2 aromatic carbocycles. The normalized spacial score (nSPS) is 10.3. The van der Waals surface area contributed by atoms with Crippen molar-refractivity contribution in [2.24, 2.45) is 5.73 Å². The predicted molar refractivity (Wildman–Crippen MR) is 101 cm³/mol. The molecule has 0 aromatic heterocycles. The van der Waals surface area contributed by atoms with E-state index in [9.17, 15) is 18.8 Å². The van der Waals surface area contributed by atoms with E-state index in [0.29, 0.717) is 23.4 Å². The second-order valence-electron chi connectivity index (χ2n) is 6.02. The third kappa shape index (κ3) is 6.22. The number of nitrogens with two attached hydrogens (primary N) is 1. The van der Waals surface area contributed by atoms with Gasteiger partial charge in [0, 0.05) is 30.8 Å². The molecule has 0 radical (unpaired) electrons. The molecule has 0 atom stereocenters. The lowest BCUT2D eigenvalue weighted by Gasteiger charge is -2.20. The van der Waals surface area contributed by atoms with Crippen LogP contribution in [0.5, 0.6) is 0 Å². The summed E-state index contributed by atoms with van der Waals surface area (Å²) in [5.74, 6) is -1.34. The number of benzene rings is 2. The van der Waals surface area contributed by atoms with Crippen molar-refractivity contribution in [2.75, 3.05) is 18.4 Å². The Morgan fingerprint density at radius 3 is 2.41 bits per heavy atom. The lowest BCUT2D eigenvalue weighted by molar-refractivity contribution is -0.130. The average Bonchev–Trinajstić information content (AvgIpc) is 2.62. The van der Waals surface area contributed by atoms with E-state index in [1.54, 1.807) is 29.2 Å². The number of hydrogen-bond donors (Lipinski definition) is 2. The van der Waals surface area contributed by atoms with Crippen molar-refractivity contribution in [1.29, 1.82) is 0 Å². The van der Waals surface area contributed by atoms with Crippen molar-refractivity contribution in [1.82, 2.24) is 4.90 Å². The van der Waals surface area contributed by atoms with Gasteiger partial charge < -0.3 is 16.0 Å². The summed E-state index contributed by atoms with van der Waals surface area (Å²) in [7, 11) is 0.